The van der Waals surface area contributed by atoms with Gasteiger partial charge >= 0.3 is 0 Å². The summed E-state index contributed by atoms with van der Waals surface area (Å²) in [6.07, 6.45) is 0. The predicted octanol–water partition coefficient (Wildman–Crippen LogP) is 15.1. The van der Waals surface area contributed by atoms with E-state index in [0.717, 1.165) is 39.0 Å². The van der Waals surface area contributed by atoms with Gasteiger partial charge in [-0.3, -0.25) is 0 Å². The zero-order valence-corrected chi connectivity index (χ0v) is 29.5. The third-order valence-corrected chi connectivity index (χ3v) is 12.7. The van der Waals surface area contributed by atoms with Crippen molar-refractivity contribution in [2.75, 3.05) is 4.90 Å². The molecule has 0 spiro atoms. The smallest absolute Gasteiger partial charge is 0.159 e. The lowest BCUT2D eigenvalue weighted by Gasteiger charge is -2.26. The second kappa shape index (κ2) is 11.7. The largest absolute Gasteiger partial charge is 0.453 e. The fraction of sp³-hybridized carbons (Fsp3) is 0. The number of fused-ring (bicyclic) bond motifs is 10. The van der Waals surface area contributed by atoms with Crippen LogP contribution in [0.15, 0.2) is 180 Å². The molecule has 244 valence electrons. The molecule has 0 bridgehead atoms. The van der Waals surface area contributed by atoms with Crippen molar-refractivity contribution in [3.63, 3.8) is 0 Å². The van der Waals surface area contributed by atoms with Crippen molar-refractivity contribution in [3.05, 3.63) is 176 Å². The standard InChI is InChI=1S/C48H29NOS2/c1-2-10-30(11-3-1)31-20-24-33(25-21-31)49(34-26-22-32(23-27-34)35-14-8-16-39-36-12-4-6-18-42(36)52-48(35)39)41-17-9-15-37-38-28-29-44-45(47(38)50-46(37)41)40-13-5-7-19-43(40)51-44/h1-29H. The highest BCUT2D eigenvalue weighted by Gasteiger charge is 2.22. The molecule has 0 saturated heterocycles. The number of para-hydroxylation sites is 1. The van der Waals surface area contributed by atoms with Gasteiger partial charge in [0.2, 0.25) is 0 Å². The lowest BCUT2D eigenvalue weighted by molar-refractivity contribution is 0.673. The Balaban J connectivity index is 1.10. The van der Waals surface area contributed by atoms with Gasteiger partial charge in [-0.1, -0.05) is 121 Å². The average Bonchev–Trinajstić information content (AvgIpc) is 3.90. The fourth-order valence-electron chi connectivity index (χ4n) is 7.85. The maximum atomic E-state index is 7.02. The van der Waals surface area contributed by atoms with Gasteiger partial charge in [0, 0.05) is 62.5 Å². The zero-order valence-electron chi connectivity index (χ0n) is 27.9. The van der Waals surface area contributed by atoms with Crippen molar-refractivity contribution in [1.82, 2.24) is 0 Å². The normalized spacial score (nSPS) is 11.8. The summed E-state index contributed by atoms with van der Waals surface area (Å²) in [5.74, 6) is 0. The quantitative estimate of drug-likeness (QED) is 0.178. The summed E-state index contributed by atoms with van der Waals surface area (Å²) in [4.78, 5) is 2.34. The highest BCUT2D eigenvalue weighted by atomic mass is 32.1. The number of anilines is 3. The van der Waals surface area contributed by atoms with E-state index in [9.17, 15) is 0 Å². The molecular weight excluding hydrogens is 671 g/mol. The topological polar surface area (TPSA) is 16.4 Å². The maximum Gasteiger partial charge on any atom is 0.159 e. The van der Waals surface area contributed by atoms with Crippen LogP contribution in [0, 0.1) is 0 Å². The van der Waals surface area contributed by atoms with Gasteiger partial charge in [0.05, 0.1) is 5.69 Å². The van der Waals surface area contributed by atoms with Gasteiger partial charge in [0.1, 0.15) is 5.58 Å². The highest BCUT2D eigenvalue weighted by molar-refractivity contribution is 7.26. The van der Waals surface area contributed by atoms with Crippen molar-refractivity contribution >= 4 is 102 Å². The van der Waals surface area contributed by atoms with Crippen LogP contribution in [0.25, 0.3) is 84.5 Å². The Bertz CT molecular complexity index is 3110. The summed E-state index contributed by atoms with van der Waals surface area (Å²) in [7, 11) is 0. The first-order chi connectivity index (χ1) is 25.8. The Hall–Kier alpha value is -6.20. The van der Waals surface area contributed by atoms with Gasteiger partial charge in [-0.2, -0.15) is 0 Å². The Morgan fingerprint density at radius 2 is 0.962 bits per heavy atom. The molecule has 3 aromatic heterocycles. The van der Waals surface area contributed by atoms with E-state index in [1.54, 1.807) is 0 Å². The number of furan rings is 1. The Kier molecular flexibility index (Phi) is 6.63. The maximum absolute atomic E-state index is 7.02. The summed E-state index contributed by atoms with van der Waals surface area (Å²) in [5.41, 5.74) is 9.82. The summed E-state index contributed by atoms with van der Waals surface area (Å²) in [5, 5.41) is 7.32. The van der Waals surface area contributed by atoms with Crippen molar-refractivity contribution in [3.8, 4) is 22.3 Å². The number of nitrogens with zero attached hydrogens (tertiary/aromatic N) is 1. The van der Waals surface area contributed by atoms with Crippen LogP contribution in [-0.4, -0.2) is 0 Å². The molecule has 0 unspecified atom stereocenters. The minimum Gasteiger partial charge on any atom is -0.453 e. The van der Waals surface area contributed by atoms with E-state index in [0.29, 0.717) is 0 Å². The van der Waals surface area contributed by atoms with E-state index in [2.05, 4.69) is 181 Å². The van der Waals surface area contributed by atoms with Crippen LogP contribution in [0.2, 0.25) is 0 Å². The van der Waals surface area contributed by atoms with Crippen LogP contribution in [0.4, 0.5) is 17.1 Å². The molecule has 11 aromatic rings. The van der Waals surface area contributed by atoms with Crippen LogP contribution < -0.4 is 4.90 Å². The van der Waals surface area contributed by atoms with Crippen LogP contribution in [0.5, 0.6) is 0 Å². The molecule has 52 heavy (non-hydrogen) atoms. The van der Waals surface area contributed by atoms with Crippen LogP contribution >= 0.6 is 22.7 Å². The molecule has 11 rings (SSSR count). The van der Waals surface area contributed by atoms with Crippen molar-refractivity contribution < 1.29 is 4.42 Å². The second-order valence-electron chi connectivity index (χ2n) is 13.2. The molecule has 0 amide bonds. The summed E-state index contributed by atoms with van der Waals surface area (Å²) >= 11 is 3.69. The number of benzene rings is 8. The van der Waals surface area contributed by atoms with Crippen molar-refractivity contribution in [1.29, 1.82) is 0 Å². The molecule has 0 aliphatic carbocycles. The number of hydrogen-bond acceptors (Lipinski definition) is 4. The van der Waals surface area contributed by atoms with Crippen LogP contribution in [-0.2, 0) is 0 Å². The molecule has 0 aliphatic rings. The van der Waals surface area contributed by atoms with E-state index < -0.39 is 0 Å². The van der Waals surface area contributed by atoms with Gasteiger partial charge < -0.3 is 9.32 Å². The Morgan fingerprint density at radius 1 is 0.365 bits per heavy atom. The second-order valence-corrected chi connectivity index (χ2v) is 15.4. The third kappa shape index (κ3) is 4.55. The lowest BCUT2D eigenvalue weighted by atomic mass is 10.0. The number of hydrogen-bond donors (Lipinski definition) is 0. The SMILES string of the molecule is c1ccc(-c2ccc(N(c3ccc(-c4cccc5c4sc4ccccc45)cc3)c3cccc4c3oc3c4ccc4sc5ccccc5c43)cc2)cc1. The first-order valence-electron chi connectivity index (χ1n) is 17.5. The predicted molar refractivity (Wildman–Crippen MR) is 225 cm³/mol. The van der Waals surface area contributed by atoms with Gasteiger partial charge in [-0.25, -0.2) is 0 Å². The van der Waals surface area contributed by atoms with Crippen LogP contribution in [0.3, 0.4) is 0 Å². The monoisotopic (exact) mass is 699 g/mol. The minimum absolute atomic E-state index is 0.881. The number of thiophene rings is 2. The first kappa shape index (κ1) is 29.5. The molecule has 0 fully saturated rings. The van der Waals surface area contributed by atoms with E-state index in [4.69, 9.17) is 4.42 Å². The van der Waals surface area contributed by atoms with Crippen molar-refractivity contribution in [2.45, 2.75) is 0 Å². The van der Waals surface area contributed by atoms with Crippen molar-refractivity contribution in [2.24, 2.45) is 0 Å². The van der Waals surface area contributed by atoms with E-state index in [-0.39, 0.29) is 0 Å². The lowest BCUT2D eigenvalue weighted by Crippen LogP contribution is -2.10. The van der Waals surface area contributed by atoms with Gasteiger partial charge in [0.25, 0.3) is 0 Å². The van der Waals surface area contributed by atoms with Crippen LogP contribution in [0.1, 0.15) is 0 Å². The summed E-state index contributed by atoms with van der Waals surface area (Å²) in [6, 6.07) is 63.5. The molecule has 0 atom stereocenters. The number of rotatable bonds is 5. The van der Waals surface area contributed by atoms with Gasteiger partial charge in [-0.15, -0.1) is 22.7 Å². The minimum atomic E-state index is 0.881. The molecule has 8 aromatic carbocycles. The zero-order chi connectivity index (χ0) is 34.2. The molecule has 2 nitrogen and oxygen atoms in total. The van der Waals surface area contributed by atoms with E-state index in [1.807, 2.05) is 22.7 Å². The molecule has 0 saturated carbocycles. The Labute approximate surface area is 308 Å². The first-order valence-corrected chi connectivity index (χ1v) is 19.1. The molecule has 0 radical (unpaired) electrons. The molecule has 0 N–H and O–H groups in total. The average molecular weight is 700 g/mol. The highest BCUT2D eigenvalue weighted by Crippen LogP contribution is 2.47. The molecule has 3 heterocycles. The van der Waals surface area contributed by atoms with Gasteiger partial charge in [0.15, 0.2) is 5.58 Å². The molecular formula is C48H29NOS2. The summed E-state index contributed by atoms with van der Waals surface area (Å²) < 4.78 is 12.2. The fourth-order valence-corrected chi connectivity index (χ4v) is 10.2. The van der Waals surface area contributed by atoms with Gasteiger partial charge in [-0.05, 0) is 76.9 Å². The molecule has 0 aliphatic heterocycles. The molecule has 4 heteroatoms. The van der Waals surface area contributed by atoms with E-state index in [1.165, 1.54) is 62.6 Å². The summed E-state index contributed by atoms with van der Waals surface area (Å²) in [6.45, 7) is 0. The van der Waals surface area contributed by atoms with E-state index >= 15 is 0 Å². The Morgan fingerprint density at radius 3 is 1.75 bits per heavy atom. The third-order valence-electron chi connectivity index (χ3n) is 10.3.